The quantitative estimate of drug-likeness (QED) is 0.123. The molecule has 0 aliphatic rings. The van der Waals surface area contributed by atoms with Crippen molar-refractivity contribution in [1.82, 2.24) is 34.7 Å². The van der Waals surface area contributed by atoms with Crippen LogP contribution in [0, 0.1) is 13.8 Å². The monoisotopic (exact) mass is 747 g/mol. The number of rotatable bonds is 11. The van der Waals surface area contributed by atoms with Crippen LogP contribution in [0.4, 0.5) is 0 Å². The molecule has 0 aliphatic heterocycles. The van der Waals surface area contributed by atoms with Gasteiger partial charge in [-0.2, -0.15) is 0 Å². The van der Waals surface area contributed by atoms with Crippen molar-refractivity contribution in [3.63, 3.8) is 0 Å². The Morgan fingerprint density at radius 2 is 1.25 bits per heavy atom. The van der Waals surface area contributed by atoms with Gasteiger partial charge < -0.3 is 4.57 Å². The van der Waals surface area contributed by atoms with Gasteiger partial charge in [-0.15, -0.1) is 26.3 Å². The lowest BCUT2D eigenvalue weighted by molar-refractivity contribution is 0.396. The minimum absolute atomic E-state index is 0.562. The molecule has 0 saturated heterocycles. The van der Waals surface area contributed by atoms with Crippen LogP contribution in [0.15, 0.2) is 157 Å². The van der Waals surface area contributed by atoms with Crippen molar-refractivity contribution in [2.75, 3.05) is 0 Å². The van der Waals surface area contributed by atoms with Gasteiger partial charge in [0, 0.05) is 29.5 Å². The molecule has 0 radical (unpaired) electrons. The van der Waals surface area contributed by atoms with E-state index in [4.69, 9.17) is 25.4 Å². The zero-order valence-corrected chi connectivity index (χ0v) is 32.5. The molecule has 0 bridgehead atoms. The standard InChI is InChI=1S/C48H41N7S/c1-4-16-45-50-46-33(2)29-37(43-32-56-34(3)49-43)30-44(46)54(45)31-35-25-27-36(28-26-35)41-23-14-15-24-42(41)47-51-53-55(52-47)48(38-17-8-5-9-18-38,39-19-10-6-11-20-39)40-21-12-7-13-22-40/h5-15,17-30,32H,4,16,31H2,1-3H3. The number of tetrazole rings is 1. The number of nitrogens with zero attached hydrogens (tertiary/aromatic N) is 7. The molecule has 56 heavy (non-hydrogen) atoms. The van der Waals surface area contributed by atoms with E-state index in [1.54, 1.807) is 16.1 Å². The highest BCUT2D eigenvalue weighted by atomic mass is 32.1. The van der Waals surface area contributed by atoms with Gasteiger partial charge in [-0.1, -0.05) is 146 Å². The summed E-state index contributed by atoms with van der Waals surface area (Å²) in [5.74, 6) is 1.67. The van der Waals surface area contributed by atoms with E-state index in [1.807, 2.05) is 24.3 Å². The first-order valence-corrected chi connectivity index (χ1v) is 20.0. The molecular weight excluding hydrogens is 707 g/mol. The van der Waals surface area contributed by atoms with Gasteiger partial charge in [-0.3, -0.25) is 0 Å². The summed E-state index contributed by atoms with van der Waals surface area (Å²) < 4.78 is 2.39. The maximum Gasteiger partial charge on any atom is 0.205 e. The van der Waals surface area contributed by atoms with Gasteiger partial charge in [-0.05, 0) is 76.6 Å². The molecule has 3 heterocycles. The van der Waals surface area contributed by atoms with Crippen molar-refractivity contribution in [3.8, 4) is 33.8 Å². The Kier molecular flexibility index (Phi) is 9.41. The third-order valence-corrected chi connectivity index (χ3v) is 11.3. The van der Waals surface area contributed by atoms with Crippen molar-refractivity contribution in [3.05, 3.63) is 196 Å². The third-order valence-electron chi connectivity index (χ3n) is 10.6. The van der Waals surface area contributed by atoms with E-state index >= 15 is 0 Å². The second-order valence-electron chi connectivity index (χ2n) is 14.2. The summed E-state index contributed by atoms with van der Waals surface area (Å²) in [5.41, 5.74) is 12.1. The SMILES string of the molecule is CCCc1nc2c(C)cc(-c3csc(C)n3)cc2n1Cc1ccc(-c2ccccc2-c2nnn(C(c3ccccc3)(c3ccccc3)c3ccccc3)n2)cc1. The minimum Gasteiger partial charge on any atom is -0.323 e. The van der Waals surface area contributed by atoms with Crippen molar-refractivity contribution in [1.29, 1.82) is 0 Å². The third kappa shape index (κ3) is 6.31. The molecule has 3 aromatic heterocycles. The number of hydrogen-bond acceptors (Lipinski definition) is 6. The van der Waals surface area contributed by atoms with Gasteiger partial charge in [0.25, 0.3) is 0 Å². The highest BCUT2D eigenvalue weighted by Crippen LogP contribution is 2.40. The predicted octanol–water partition coefficient (Wildman–Crippen LogP) is 10.9. The number of fused-ring (bicyclic) bond motifs is 1. The van der Waals surface area contributed by atoms with Crippen molar-refractivity contribution in [2.24, 2.45) is 0 Å². The van der Waals surface area contributed by atoms with Crippen LogP contribution in [0.25, 0.3) is 44.8 Å². The van der Waals surface area contributed by atoms with E-state index in [-0.39, 0.29) is 0 Å². The molecular formula is C48H41N7S. The molecule has 0 unspecified atom stereocenters. The number of thiazole rings is 1. The van der Waals surface area contributed by atoms with E-state index in [0.717, 1.165) is 85.9 Å². The largest absolute Gasteiger partial charge is 0.323 e. The summed E-state index contributed by atoms with van der Waals surface area (Å²) >= 11 is 1.68. The fourth-order valence-electron chi connectivity index (χ4n) is 7.93. The molecule has 9 aromatic rings. The van der Waals surface area contributed by atoms with E-state index in [9.17, 15) is 0 Å². The van der Waals surface area contributed by atoms with Gasteiger partial charge in [-0.25, -0.2) is 9.97 Å². The lowest BCUT2D eigenvalue weighted by Gasteiger charge is -2.34. The fraction of sp³-hybridized carbons (Fsp3) is 0.146. The van der Waals surface area contributed by atoms with Crippen LogP contribution < -0.4 is 0 Å². The summed E-state index contributed by atoms with van der Waals surface area (Å²) in [6.45, 7) is 7.15. The molecule has 0 amide bonds. The fourth-order valence-corrected chi connectivity index (χ4v) is 8.55. The van der Waals surface area contributed by atoms with E-state index in [1.165, 1.54) is 11.1 Å². The smallest absolute Gasteiger partial charge is 0.205 e. The summed E-state index contributed by atoms with van der Waals surface area (Å²) in [6.07, 6.45) is 1.94. The van der Waals surface area contributed by atoms with Gasteiger partial charge >= 0.3 is 0 Å². The van der Waals surface area contributed by atoms with Crippen LogP contribution in [0.5, 0.6) is 0 Å². The van der Waals surface area contributed by atoms with Crippen LogP contribution in [0.2, 0.25) is 0 Å². The Morgan fingerprint density at radius 1 is 0.643 bits per heavy atom. The van der Waals surface area contributed by atoms with Gasteiger partial charge in [0.2, 0.25) is 5.82 Å². The Hall–Kier alpha value is -6.51. The number of imidazole rings is 1. The zero-order valence-electron chi connectivity index (χ0n) is 31.7. The zero-order chi connectivity index (χ0) is 38.1. The average Bonchev–Trinajstić information content (AvgIpc) is 4.00. The Balaban J connectivity index is 1.09. The highest BCUT2D eigenvalue weighted by molar-refractivity contribution is 7.09. The van der Waals surface area contributed by atoms with Crippen LogP contribution in [-0.4, -0.2) is 34.7 Å². The van der Waals surface area contributed by atoms with Crippen LogP contribution >= 0.6 is 11.3 Å². The first-order valence-electron chi connectivity index (χ1n) is 19.1. The summed E-state index contributed by atoms with van der Waals surface area (Å²) in [6, 6.07) is 53.0. The Bertz CT molecular complexity index is 2650. The number of aryl methyl sites for hydroxylation is 3. The number of benzene rings is 6. The van der Waals surface area contributed by atoms with E-state index in [0.29, 0.717) is 5.82 Å². The van der Waals surface area contributed by atoms with E-state index < -0.39 is 5.54 Å². The second-order valence-corrected chi connectivity index (χ2v) is 15.3. The molecule has 7 nitrogen and oxygen atoms in total. The molecule has 0 saturated carbocycles. The lowest BCUT2D eigenvalue weighted by Crippen LogP contribution is -2.39. The molecule has 274 valence electrons. The number of hydrogen-bond donors (Lipinski definition) is 0. The minimum atomic E-state index is -0.849. The van der Waals surface area contributed by atoms with Crippen LogP contribution in [-0.2, 0) is 18.5 Å². The normalized spacial score (nSPS) is 11.7. The molecule has 9 rings (SSSR count). The van der Waals surface area contributed by atoms with E-state index in [2.05, 4.69) is 158 Å². The predicted molar refractivity (Wildman–Crippen MR) is 227 cm³/mol. The molecule has 8 heteroatoms. The first-order chi connectivity index (χ1) is 27.5. The van der Waals surface area contributed by atoms with Crippen LogP contribution in [0.1, 0.15) is 52.0 Å². The lowest BCUT2D eigenvalue weighted by atomic mass is 9.77. The summed E-state index contributed by atoms with van der Waals surface area (Å²) in [7, 11) is 0. The molecule has 0 aliphatic carbocycles. The second kappa shape index (κ2) is 15.0. The molecule has 0 spiro atoms. The molecule has 0 N–H and O–H groups in total. The Morgan fingerprint density at radius 3 is 1.84 bits per heavy atom. The first kappa shape index (κ1) is 35.2. The average molecular weight is 748 g/mol. The van der Waals surface area contributed by atoms with Gasteiger partial charge in [0.05, 0.1) is 21.7 Å². The molecule has 6 aromatic carbocycles. The van der Waals surface area contributed by atoms with Crippen molar-refractivity contribution in [2.45, 2.75) is 45.7 Å². The topological polar surface area (TPSA) is 74.3 Å². The number of aromatic nitrogens is 7. The Labute approximate surface area is 331 Å². The van der Waals surface area contributed by atoms with Crippen LogP contribution in [0.3, 0.4) is 0 Å². The summed E-state index contributed by atoms with van der Waals surface area (Å²) in [4.78, 5) is 11.7. The maximum absolute atomic E-state index is 5.21. The van der Waals surface area contributed by atoms with Gasteiger partial charge in [0.15, 0.2) is 5.54 Å². The summed E-state index contributed by atoms with van der Waals surface area (Å²) in [5, 5.41) is 18.0. The van der Waals surface area contributed by atoms with Gasteiger partial charge in [0.1, 0.15) is 5.82 Å². The maximum atomic E-state index is 5.21. The van der Waals surface area contributed by atoms with Crippen molar-refractivity contribution >= 4 is 22.4 Å². The van der Waals surface area contributed by atoms with Crippen molar-refractivity contribution < 1.29 is 0 Å². The molecule has 0 fully saturated rings. The highest BCUT2D eigenvalue weighted by Gasteiger charge is 2.41. The molecule has 0 atom stereocenters.